The predicted molar refractivity (Wildman–Crippen MR) is 55.2 cm³/mol. The maximum atomic E-state index is 13.5. The van der Waals surface area contributed by atoms with Crippen LogP contribution in [-0.4, -0.2) is 5.78 Å². The fraction of sp³-hybridized carbons (Fsp3) is 0.250. The molecule has 0 aliphatic carbocycles. The topological polar surface area (TPSA) is 17.1 Å². The third kappa shape index (κ3) is 3.15. The zero-order valence-electron chi connectivity index (χ0n) is 9.23. The van der Waals surface area contributed by atoms with Crippen molar-refractivity contribution in [3.63, 3.8) is 0 Å². The molecular formula is C12H10F4O. The van der Waals surface area contributed by atoms with E-state index in [-0.39, 0.29) is 0 Å². The highest BCUT2D eigenvalue weighted by Gasteiger charge is 2.35. The van der Waals surface area contributed by atoms with Crippen LogP contribution >= 0.6 is 0 Å². The predicted octanol–water partition coefficient (Wildman–Crippen LogP) is 3.99. The number of benzene rings is 1. The van der Waals surface area contributed by atoms with Crippen molar-refractivity contribution in [3.8, 4) is 0 Å². The highest BCUT2D eigenvalue weighted by molar-refractivity contribution is 6.05. The minimum Gasteiger partial charge on any atom is -0.289 e. The Balaban J connectivity index is 3.29. The van der Waals surface area contributed by atoms with Crippen LogP contribution in [0.4, 0.5) is 17.6 Å². The van der Waals surface area contributed by atoms with Crippen LogP contribution in [0.15, 0.2) is 29.8 Å². The molecule has 0 aromatic heterocycles. The Kier molecular flexibility index (Phi) is 3.70. The van der Waals surface area contributed by atoms with Crippen molar-refractivity contribution in [1.29, 1.82) is 0 Å². The number of allylic oxidation sites excluding steroid dienone is 2. The third-order valence-corrected chi connectivity index (χ3v) is 1.99. The first-order valence-electron chi connectivity index (χ1n) is 4.78. The smallest absolute Gasteiger partial charge is 0.289 e. The van der Waals surface area contributed by atoms with Crippen molar-refractivity contribution < 1.29 is 22.4 Å². The van der Waals surface area contributed by atoms with E-state index in [9.17, 15) is 22.4 Å². The maximum Gasteiger partial charge on any atom is 0.419 e. The van der Waals surface area contributed by atoms with Crippen LogP contribution in [0.3, 0.4) is 0 Å². The SMILES string of the molecule is CC(C)=CC(=O)c1cccc(C(F)(F)F)c1F. The molecule has 92 valence electrons. The molecule has 0 saturated heterocycles. The fourth-order valence-electron chi connectivity index (χ4n) is 1.28. The molecule has 17 heavy (non-hydrogen) atoms. The average Bonchev–Trinajstić information content (AvgIpc) is 2.14. The van der Waals surface area contributed by atoms with E-state index in [0.29, 0.717) is 11.6 Å². The highest BCUT2D eigenvalue weighted by Crippen LogP contribution is 2.32. The zero-order valence-corrected chi connectivity index (χ0v) is 9.23. The van der Waals surface area contributed by atoms with E-state index in [4.69, 9.17) is 0 Å². The van der Waals surface area contributed by atoms with Crippen LogP contribution in [0, 0.1) is 5.82 Å². The van der Waals surface area contributed by atoms with Gasteiger partial charge in [-0.25, -0.2) is 4.39 Å². The van der Waals surface area contributed by atoms with Gasteiger partial charge < -0.3 is 0 Å². The fourth-order valence-corrected chi connectivity index (χ4v) is 1.28. The van der Waals surface area contributed by atoms with Gasteiger partial charge in [-0.15, -0.1) is 0 Å². The summed E-state index contributed by atoms with van der Waals surface area (Å²) in [6.45, 7) is 3.20. The van der Waals surface area contributed by atoms with Crippen molar-refractivity contribution in [2.45, 2.75) is 20.0 Å². The first kappa shape index (κ1) is 13.4. The van der Waals surface area contributed by atoms with Crippen LogP contribution in [0.5, 0.6) is 0 Å². The molecule has 1 rings (SSSR count). The van der Waals surface area contributed by atoms with Gasteiger partial charge in [-0.2, -0.15) is 13.2 Å². The van der Waals surface area contributed by atoms with Crippen LogP contribution in [0.25, 0.3) is 0 Å². The minimum atomic E-state index is -4.80. The molecule has 0 fully saturated rings. The molecule has 0 unspecified atom stereocenters. The summed E-state index contributed by atoms with van der Waals surface area (Å²) in [5.74, 6) is -2.30. The molecule has 0 spiro atoms. The minimum absolute atomic E-state index is 0.568. The summed E-state index contributed by atoms with van der Waals surface area (Å²) in [5.41, 5.74) is -1.40. The van der Waals surface area contributed by atoms with E-state index in [0.717, 1.165) is 18.2 Å². The summed E-state index contributed by atoms with van der Waals surface area (Å²) >= 11 is 0. The van der Waals surface area contributed by atoms with Crippen LogP contribution < -0.4 is 0 Å². The van der Waals surface area contributed by atoms with E-state index in [1.165, 1.54) is 0 Å². The number of hydrogen-bond donors (Lipinski definition) is 0. The Hall–Kier alpha value is -1.65. The van der Waals surface area contributed by atoms with Gasteiger partial charge in [-0.1, -0.05) is 11.6 Å². The summed E-state index contributed by atoms with van der Waals surface area (Å²) < 4.78 is 50.7. The molecule has 0 N–H and O–H groups in total. The molecule has 1 aromatic rings. The maximum absolute atomic E-state index is 13.5. The van der Waals surface area contributed by atoms with Crippen molar-refractivity contribution in [3.05, 3.63) is 46.8 Å². The van der Waals surface area contributed by atoms with Crippen molar-refractivity contribution in [2.75, 3.05) is 0 Å². The van der Waals surface area contributed by atoms with Gasteiger partial charge in [0.2, 0.25) is 0 Å². The summed E-state index contributed by atoms with van der Waals surface area (Å²) in [7, 11) is 0. The van der Waals surface area contributed by atoms with Gasteiger partial charge in [-0.05, 0) is 32.1 Å². The normalized spacial score (nSPS) is 11.2. The Morgan fingerprint density at radius 1 is 1.24 bits per heavy atom. The van der Waals surface area contributed by atoms with Crippen molar-refractivity contribution in [2.24, 2.45) is 0 Å². The molecule has 0 aliphatic rings. The van der Waals surface area contributed by atoms with Gasteiger partial charge in [0.15, 0.2) is 5.78 Å². The summed E-state index contributed by atoms with van der Waals surface area (Å²) in [6, 6.07) is 2.65. The van der Waals surface area contributed by atoms with Crippen molar-refractivity contribution in [1.82, 2.24) is 0 Å². The molecule has 0 heterocycles. The number of alkyl halides is 3. The first-order chi connectivity index (χ1) is 7.73. The van der Waals surface area contributed by atoms with Crippen LogP contribution in [-0.2, 0) is 6.18 Å². The molecule has 0 radical (unpaired) electrons. The second-order valence-corrected chi connectivity index (χ2v) is 3.75. The lowest BCUT2D eigenvalue weighted by atomic mass is 10.0. The van der Waals surface area contributed by atoms with Crippen LogP contribution in [0.2, 0.25) is 0 Å². The first-order valence-corrected chi connectivity index (χ1v) is 4.78. The lowest BCUT2D eigenvalue weighted by molar-refractivity contribution is -0.140. The number of carbonyl (C=O) groups excluding carboxylic acids is 1. The standard InChI is InChI=1S/C12H10F4O/c1-7(2)6-10(17)8-4-3-5-9(11(8)13)12(14,15)16/h3-6H,1-2H3. The largest absolute Gasteiger partial charge is 0.419 e. The Morgan fingerprint density at radius 2 is 1.82 bits per heavy atom. The summed E-state index contributed by atoms with van der Waals surface area (Å²) in [4.78, 5) is 11.5. The van der Waals surface area contributed by atoms with Gasteiger partial charge >= 0.3 is 6.18 Å². The zero-order chi connectivity index (χ0) is 13.2. The van der Waals surface area contributed by atoms with Crippen molar-refractivity contribution >= 4 is 5.78 Å². The van der Waals surface area contributed by atoms with Gasteiger partial charge in [0, 0.05) is 0 Å². The molecule has 0 aliphatic heterocycles. The molecule has 0 atom stereocenters. The van der Waals surface area contributed by atoms with E-state index >= 15 is 0 Å². The molecule has 0 bridgehead atoms. The molecular weight excluding hydrogens is 236 g/mol. The van der Waals surface area contributed by atoms with Gasteiger partial charge in [0.25, 0.3) is 0 Å². The Labute approximate surface area is 95.8 Å². The van der Waals surface area contributed by atoms with E-state index < -0.39 is 28.9 Å². The van der Waals surface area contributed by atoms with E-state index in [2.05, 4.69) is 0 Å². The summed E-state index contributed by atoms with van der Waals surface area (Å²) in [6.07, 6.45) is -3.70. The number of halogens is 4. The number of ketones is 1. The number of rotatable bonds is 2. The summed E-state index contributed by atoms with van der Waals surface area (Å²) in [5, 5.41) is 0. The van der Waals surface area contributed by atoms with E-state index in [1.807, 2.05) is 0 Å². The number of carbonyl (C=O) groups is 1. The van der Waals surface area contributed by atoms with Gasteiger partial charge in [0.1, 0.15) is 5.82 Å². The quantitative estimate of drug-likeness (QED) is 0.438. The lowest BCUT2D eigenvalue weighted by Crippen LogP contribution is -2.11. The second kappa shape index (κ2) is 4.69. The third-order valence-electron chi connectivity index (χ3n) is 1.99. The van der Waals surface area contributed by atoms with Gasteiger partial charge in [0.05, 0.1) is 11.1 Å². The Morgan fingerprint density at radius 3 is 2.29 bits per heavy atom. The molecule has 1 aromatic carbocycles. The molecule has 0 saturated carbocycles. The average molecular weight is 246 g/mol. The van der Waals surface area contributed by atoms with Crippen LogP contribution in [0.1, 0.15) is 29.8 Å². The molecule has 0 amide bonds. The lowest BCUT2D eigenvalue weighted by Gasteiger charge is -2.09. The number of hydrogen-bond acceptors (Lipinski definition) is 1. The molecule has 1 nitrogen and oxygen atoms in total. The second-order valence-electron chi connectivity index (χ2n) is 3.75. The van der Waals surface area contributed by atoms with Gasteiger partial charge in [-0.3, -0.25) is 4.79 Å². The highest BCUT2D eigenvalue weighted by atomic mass is 19.4. The molecule has 5 heteroatoms. The monoisotopic (exact) mass is 246 g/mol. The Bertz CT molecular complexity index is 468. The van der Waals surface area contributed by atoms with E-state index in [1.54, 1.807) is 13.8 Å².